The first kappa shape index (κ1) is 13.4. The summed E-state index contributed by atoms with van der Waals surface area (Å²) in [4.78, 5) is 3.94. The Labute approximate surface area is 112 Å². The lowest BCUT2D eigenvalue weighted by Gasteiger charge is -2.15. The second-order valence-electron chi connectivity index (χ2n) is 4.28. The number of rotatable bonds is 5. The Balaban J connectivity index is 2.17. The van der Waals surface area contributed by atoms with Crippen molar-refractivity contribution in [2.24, 2.45) is 0 Å². The molecular formula is C15H18N2O2. The predicted molar refractivity (Wildman–Crippen MR) is 74.9 cm³/mol. The molecule has 4 heteroatoms. The van der Waals surface area contributed by atoms with Gasteiger partial charge >= 0.3 is 0 Å². The number of ether oxygens (including phenoxy) is 1. The van der Waals surface area contributed by atoms with Crippen LogP contribution in [0.4, 0.5) is 5.82 Å². The normalized spacial score (nSPS) is 12.1. The number of pyridine rings is 1. The van der Waals surface area contributed by atoms with Crippen LogP contribution < -0.4 is 10.5 Å². The molecule has 1 atom stereocenters. The summed E-state index contributed by atoms with van der Waals surface area (Å²) >= 11 is 0. The van der Waals surface area contributed by atoms with E-state index in [0.29, 0.717) is 18.8 Å². The van der Waals surface area contributed by atoms with Gasteiger partial charge in [-0.3, -0.25) is 0 Å². The molecule has 0 radical (unpaired) electrons. The third-order valence-electron chi connectivity index (χ3n) is 2.85. The van der Waals surface area contributed by atoms with Crippen molar-refractivity contribution >= 4 is 5.82 Å². The molecule has 1 aromatic heterocycles. The van der Waals surface area contributed by atoms with E-state index >= 15 is 0 Å². The maximum absolute atomic E-state index is 10.3. The molecule has 2 rings (SSSR count). The minimum absolute atomic E-state index is 0.461. The molecule has 1 heterocycles. The highest BCUT2D eigenvalue weighted by molar-refractivity contribution is 5.37. The number of anilines is 1. The largest absolute Gasteiger partial charge is 0.493 e. The van der Waals surface area contributed by atoms with Gasteiger partial charge in [0.25, 0.3) is 0 Å². The van der Waals surface area contributed by atoms with E-state index in [1.54, 1.807) is 12.3 Å². The van der Waals surface area contributed by atoms with Crippen molar-refractivity contribution in [3.05, 3.63) is 53.7 Å². The first-order valence-corrected chi connectivity index (χ1v) is 6.31. The van der Waals surface area contributed by atoms with E-state index in [0.717, 1.165) is 16.9 Å². The number of para-hydroxylation sites is 1. The van der Waals surface area contributed by atoms with E-state index in [9.17, 15) is 5.11 Å². The van der Waals surface area contributed by atoms with Gasteiger partial charge in [-0.05, 0) is 30.7 Å². The number of aliphatic hydroxyl groups excluding tert-OH is 1. The fraction of sp³-hybridized carbons (Fsp3) is 0.267. The van der Waals surface area contributed by atoms with Crippen LogP contribution >= 0.6 is 0 Å². The Morgan fingerprint density at radius 1 is 1.32 bits per heavy atom. The van der Waals surface area contributed by atoms with Gasteiger partial charge in [0, 0.05) is 18.2 Å². The molecule has 0 amide bonds. The zero-order valence-electron chi connectivity index (χ0n) is 10.9. The van der Waals surface area contributed by atoms with Crippen LogP contribution in [0.25, 0.3) is 0 Å². The lowest BCUT2D eigenvalue weighted by Crippen LogP contribution is -2.06. The SMILES string of the molecule is CCOc1ccccc1C(O)Cc1ccnc(N)c1. The van der Waals surface area contributed by atoms with E-state index in [1.807, 2.05) is 37.3 Å². The molecule has 0 spiro atoms. The van der Waals surface area contributed by atoms with E-state index in [4.69, 9.17) is 10.5 Å². The molecule has 0 bridgehead atoms. The van der Waals surface area contributed by atoms with Crippen molar-refractivity contribution in [3.8, 4) is 5.75 Å². The second kappa shape index (κ2) is 6.20. The third-order valence-corrected chi connectivity index (χ3v) is 2.85. The molecule has 100 valence electrons. The van der Waals surface area contributed by atoms with Crippen molar-refractivity contribution in [3.63, 3.8) is 0 Å². The molecule has 4 nitrogen and oxygen atoms in total. The molecule has 0 aliphatic carbocycles. The summed E-state index contributed by atoms with van der Waals surface area (Å²) in [6, 6.07) is 11.1. The molecule has 3 N–H and O–H groups in total. The van der Waals surface area contributed by atoms with Crippen LogP contribution in [0.15, 0.2) is 42.6 Å². The van der Waals surface area contributed by atoms with Crippen LogP contribution in [0.3, 0.4) is 0 Å². The summed E-state index contributed by atoms with van der Waals surface area (Å²) in [6.45, 7) is 2.50. The number of hydrogen-bond acceptors (Lipinski definition) is 4. The maximum Gasteiger partial charge on any atom is 0.125 e. The average molecular weight is 258 g/mol. The number of nitrogens with two attached hydrogens (primary N) is 1. The Kier molecular flexibility index (Phi) is 4.36. The lowest BCUT2D eigenvalue weighted by molar-refractivity contribution is 0.172. The van der Waals surface area contributed by atoms with Crippen LogP contribution in [0.2, 0.25) is 0 Å². The van der Waals surface area contributed by atoms with Gasteiger partial charge < -0.3 is 15.6 Å². The van der Waals surface area contributed by atoms with Crippen LogP contribution in [0, 0.1) is 0 Å². The highest BCUT2D eigenvalue weighted by atomic mass is 16.5. The van der Waals surface area contributed by atoms with Crippen molar-refractivity contribution in [2.45, 2.75) is 19.4 Å². The molecule has 1 aromatic carbocycles. The topological polar surface area (TPSA) is 68.4 Å². The zero-order chi connectivity index (χ0) is 13.7. The van der Waals surface area contributed by atoms with Crippen LogP contribution in [0.1, 0.15) is 24.2 Å². The zero-order valence-corrected chi connectivity index (χ0v) is 10.9. The number of hydrogen-bond donors (Lipinski definition) is 2. The molecule has 0 aliphatic heterocycles. The first-order valence-electron chi connectivity index (χ1n) is 6.31. The highest BCUT2D eigenvalue weighted by Gasteiger charge is 2.13. The summed E-state index contributed by atoms with van der Waals surface area (Å²) in [7, 11) is 0. The van der Waals surface area contributed by atoms with Gasteiger partial charge in [-0.2, -0.15) is 0 Å². The number of aliphatic hydroxyl groups is 1. The van der Waals surface area contributed by atoms with Crippen LogP contribution in [0.5, 0.6) is 5.75 Å². The summed E-state index contributed by atoms with van der Waals surface area (Å²) in [5.74, 6) is 1.18. The van der Waals surface area contributed by atoms with E-state index in [2.05, 4.69) is 4.98 Å². The van der Waals surface area contributed by atoms with Gasteiger partial charge in [0.2, 0.25) is 0 Å². The number of aromatic nitrogens is 1. The molecule has 19 heavy (non-hydrogen) atoms. The molecule has 0 saturated carbocycles. The number of nitrogen functional groups attached to an aromatic ring is 1. The Morgan fingerprint density at radius 3 is 2.84 bits per heavy atom. The predicted octanol–water partition coefficient (Wildman–Crippen LogP) is 2.34. The molecule has 0 fully saturated rings. The third kappa shape index (κ3) is 3.45. The molecular weight excluding hydrogens is 240 g/mol. The smallest absolute Gasteiger partial charge is 0.125 e. The minimum Gasteiger partial charge on any atom is -0.493 e. The van der Waals surface area contributed by atoms with E-state index in [1.165, 1.54) is 0 Å². The van der Waals surface area contributed by atoms with Gasteiger partial charge in [0.15, 0.2) is 0 Å². The molecule has 2 aromatic rings. The van der Waals surface area contributed by atoms with Crippen molar-refractivity contribution in [1.82, 2.24) is 4.98 Å². The first-order chi connectivity index (χ1) is 9.20. The van der Waals surface area contributed by atoms with Gasteiger partial charge in [0.05, 0.1) is 12.7 Å². The summed E-state index contributed by atoms with van der Waals surface area (Å²) in [5.41, 5.74) is 7.37. The monoisotopic (exact) mass is 258 g/mol. The van der Waals surface area contributed by atoms with Crippen molar-refractivity contribution in [2.75, 3.05) is 12.3 Å². The van der Waals surface area contributed by atoms with Crippen molar-refractivity contribution in [1.29, 1.82) is 0 Å². The fourth-order valence-corrected chi connectivity index (χ4v) is 2.00. The summed E-state index contributed by atoms with van der Waals surface area (Å²) in [6.07, 6.45) is 1.51. The number of nitrogens with zero attached hydrogens (tertiary/aromatic N) is 1. The Morgan fingerprint density at radius 2 is 2.11 bits per heavy atom. The van der Waals surface area contributed by atoms with Crippen molar-refractivity contribution < 1.29 is 9.84 Å². The van der Waals surface area contributed by atoms with Gasteiger partial charge in [-0.1, -0.05) is 18.2 Å². The fourth-order valence-electron chi connectivity index (χ4n) is 2.00. The summed E-state index contributed by atoms with van der Waals surface area (Å²) < 4.78 is 5.52. The van der Waals surface area contributed by atoms with E-state index in [-0.39, 0.29) is 0 Å². The van der Waals surface area contributed by atoms with Crippen LogP contribution in [-0.4, -0.2) is 16.7 Å². The molecule has 0 aliphatic rings. The van der Waals surface area contributed by atoms with Gasteiger partial charge in [-0.15, -0.1) is 0 Å². The van der Waals surface area contributed by atoms with Crippen LogP contribution in [-0.2, 0) is 6.42 Å². The standard InChI is InChI=1S/C15H18N2O2/c1-2-19-14-6-4-3-5-12(14)13(18)9-11-7-8-17-15(16)10-11/h3-8,10,13,18H,2,9H2,1H3,(H2,16,17). The molecule has 1 unspecified atom stereocenters. The van der Waals surface area contributed by atoms with Gasteiger partial charge in [0.1, 0.15) is 11.6 Å². The quantitative estimate of drug-likeness (QED) is 0.863. The number of benzene rings is 1. The maximum atomic E-state index is 10.3. The average Bonchev–Trinajstić information content (AvgIpc) is 2.39. The minimum atomic E-state index is -0.621. The summed E-state index contributed by atoms with van der Waals surface area (Å²) in [5, 5.41) is 10.3. The highest BCUT2D eigenvalue weighted by Crippen LogP contribution is 2.27. The Bertz CT molecular complexity index is 543. The second-order valence-corrected chi connectivity index (χ2v) is 4.28. The Hall–Kier alpha value is -2.07. The van der Waals surface area contributed by atoms with E-state index < -0.39 is 6.10 Å². The lowest BCUT2D eigenvalue weighted by atomic mass is 10.0. The molecule has 0 saturated heterocycles. The van der Waals surface area contributed by atoms with Gasteiger partial charge in [-0.25, -0.2) is 4.98 Å².